The highest BCUT2D eigenvalue weighted by atomic mass is 19.4. The molecule has 0 saturated heterocycles. The second-order valence-corrected chi connectivity index (χ2v) is 4.18. The average molecular weight is 277 g/mol. The van der Waals surface area contributed by atoms with Gasteiger partial charge in [0.05, 0.1) is 12.0 Å². The number of pyridine rings is 1. The van der Waals surface area contributed by atoms with Gasteiger partial charge in [0.1, 0.15) is 5.54 Å². The fourth-order valence-electron chi connectivity index (χ4n) is 1.62. The minimum absolute atomic E-state index is 0.00562. The standard InChI is InChI=1S/C10H10F3N3O3/c1-19-7-3-2-6(16(17)18)8(14-7)15-9(4-5-9)10(11,12)13/h2-3H,4-5H2,1H3,(H,14,15). The minimum atomic E-state index is -4.48. The summed E-state index contributed by atoms with van der Waals surface area (Å²) in [5.41, 5.74) is -2.63. The molecular formula is C10H10F3N3O3. The molecule has 1 aromatic rings. The van der Waals surface area contributed by atoms with E-state index < -0.39 is 28.1 Å². The van der Waals surface area contributed by atoms with Crippen molar-refractivity contribution in [3.8, 4) is 5.88 Å². The fraction of sp³-hybridized carbons (Fsp3) is 0.500. The number of methoxy groups -OCH3 is 1. The zero-order valence-electron chi connectivity index (χ0n) is 9.82. The number of nitrogens with one attached hydrogen (secondary N) is 1. The molecule has 1 aliphatic rings. The molecule has 0 aromatic carbocycles. The Hall–Kier alpha value is -2.06. The smallest absolute Gasteiger partial charge is 0.411 e. The maximum absolute atomic E-state index is 12.8. The molecule has 19 heavy (non-hydrogen) atoms. The SMILES string of the molecule is COc1ccc([N+](=O)[O-])c(NC2(C(F)(F)F)CC2)n1. The quantitative estimate of drug-likeness (QED) is 0.675. The molecule has 1 saturated carbocycles. The maximum Gasteiger partial charge on any atom is 0.411 e. The number of alkyl halides is 3. The van der Waals surface area contributed by atoms with Crippen molar-refractivity contribution in [2.24, 2.45) is 0 Å². The molecule has 0 spiro atoms. The Morgan fingerprint density at radius 2 is 2.11 bits per heavy atom. The summed E-state index contributed by atoms with van der Waals surface area (Å²) in [6.45, 7) is 0. The second kappa shape index (κ2) is 4.25. The van der Waals surface area contributed by atoms with E-state index in [-0.39, 0.29) is 18.7 Å². The normalized spacial score (nSPS) is 16.8. The lowest BCUT2D eigenvalue weighted by Crippen LogP contribution is -2.39. The number of hydrogen-bond acceptors (Lipinski definition) is 5. The van der Waals surface area contributed by atoms with E-state index in [1.54, 1.807) is 0 Å². The van der Waals surface area contributed by atoms with Crippen LogP contribution in [0.2, 0.25) is 0 Å². The van der Waals surface area contributed by atoms with E-state index in [9.17, 15) is 23.3 Å². The largest absolute Gasteiger partial charge is 0.481 e. The molecule has 1 fully saturated rings. The van der Waals surface area contributed by atoms with Gasteiger partial charge in [-0.05, 0) is 12.8 Å². The zero-order chi connectivity index (χ0) is 14.3. The van der Waals surface area contributed by atoms with E-state index in [4.69, 9.17) is 4.74 Å². The van der Waals surface area contributed by atoms with E-state index >= 15 is 0 Å². The third-order valence-corrected chi connectivity index (χ3v) is 2.90. The highest BCUT2D eigenvalue weighted by Gasteiger charge is 2.64. The summed E-state index contributed by atoms with van der Waals surface area (Å²) in [7, 11) is 1.27. The van der Waals surface area contributed by atoms with Crippen LogP contribution in [0.3, 0.4) is 0 Å². The van der Waals surface area contributed by atoms with Gasteiger partial charge in [-0.15, -0.1) is 0 Å². The molecule has 1 heterocycles. The lowest BCUT2D eigenvalue weighted by atomic mass is 10.2. The van der Waals surface area contributed by atoms with Crippen LogP contribution in [0.15, 0.2) is 12.1 Å². The van der Waals surface area contributed by atoms with Gasteiger partial charge in [-0.1, -0.05) is 0 Å². The Bertz CT molecular complexity index is 514. The number of anilines is 1. The maximum atomic E-state index is 12.8. The van der Waals surface area contributed by atoms with Crippen LogP contribution in [-0.4, -0.2) is 28.7 Å². The zero-order valence-corrected chi connectivity index (χ0v) is 9.82. The van der Waals surface area contributed by atoms with E-state index in [1.165, 1.54) is 13.2 Å². The number of hydrogen-bond donors (Lipinski definition) is 1. The van der Waals surface area contributed by atoms with E-state index in [1.807, 2.05) is 0 Å². The molecule has 1 aliphatic carbocycles. The van der Waals surface area contributed by atoms with E-state index in [0.29, 0.717) is 0 Å². The Balaban J connectivity index is 2.36. The first-order valence-electron chi connectivity index (χ1n) is 5.33. The average Bonchev–Trinajstić information content (AvgIpc) is 3.08. The summed E-state index contributed by atoms with van der Waals surface area (Å²) in [5.74, 6) is -0.426. The van der Waals surface area contributed by atoms with Crippen molar-refractivity contribution in [3.63, 3.8) is 0 Å². The summed E-state index contributed by atoms with van der Waals surface area (Å²) >= 11 is 0. The Labute approximate surface area is 105 Å². The fourth-order valence-corrected chi connectivity index (χ4v) is 1.62. The summed E-state index contributed by atoms with van der Waals surface area (Å²) in [6.07, 6.45) is -4.75. The Morgan fingerprint density at radius 1 is 1.47 bits per heavy atom. The minimum Gasteiger partial charge on any atom is -0.481 e. The van der Waals surface area contributed by atoms with Crippen molar-refractivity contribution >= 4 is 11.5 Å². The molecule has 9 heteroatoms. The van der Waals surface area contributed by atoms with Crippen molar-refractivity contribution in [3.05, 3.63) is 22.2 Å². The molecular weight excluding hydrogens is 267 g/mol. The molecule has 0 atom stereocenters. The summed E-state index contributed by atoms with van der Waals surface area (Å²) in [4.78, 5) is 13.7. The Morgan fingerprint density at radius 3 is 2.53 bits per heavy atom. The predicted octanol–water partition coefficient (Wildman–Crippen LogP) is 2.51. The third-order valence-electron chi connectivity index (χ3n) is 2.90. The van der Waals surface area contributed by atoms with Crippen LogP contribution in [0, 0.1) is 10.1 Å². The van der Waals surface area contributed by atoms with Crippen LogP contribution < -0.4 is 10.1 Å². The van der Waals surface area contributed by atoms with Crippen LogP contribution in [0.5, 0.6) is 5.88 Å². The number of halogens is 3. The molecule has 6 nitrogen and oxygen atoms in total. The summed E-state index contributed by atoms with van der Waals surface area (Å²) in [6, 6.07) is 2.27. The van der Waals surface area contributed by atoms with Gasteiger partial charge in [-0.2, -0.15) is 18.2 Å². The summed E-state index contributed by atoms with van der Waals surface area (Å²) in [5, 5.41) is 12.9. The van der Waals surface area contributed by atoms with Gasteiger partial charge in [0.25, 0.3) is 0 Å². The molecule has 0 unspecified atom stereocenters. The van der Waals surface area contributed by atoms with Crippen molar-refractivity contribution in [1.82, 2.24) is 4.98 Å². The van der Waals surface area contributed by atoms with Crippen molar-refractivity contribution < 1.29 is 22.8 Å². The first-order valence-corrected chi connectivity index (χ1v) is 5.33. The number of nitrogens with zero attached hydrogens (tertiary/aromatic N) is 2. The molecule has 0 aliphatic heterocycles. The topological polar surface area (TPSA) is 77.3 Å². The third kappa shape index (κ3) is 2.40. The molecule has 0 radical (unpaired) electrons. The molecule has 1 aromatic heterocycles. The Kier molecular flexibility index (Phi) is 2.99. The van der Waals surface area contributed by atoms with Gasteiger partial charge >= 0.3 is 11.9 Å². The lowest BCUT2D eigenvalue weighted by molar-refractivity contribution is -0.384. The first-order chi connectivity index (χ1) is 8.79. The number of aromatic nitrogens is 1. The van der Waals surface area contributed by atoms with Gasteiger partial charge in [0.15, 0.2) is 0 Å². The number of ether oxygens (including phenoxy) is 1. The lowest BCUT2D eigenvalue weighted by Gasteiger charge is -2.21. The van der Waals surface area contributed by atoms with Crippen LogP contribution >= 0.6 is 0 Å². The van der Waals surface area contributed by atoms with Crippen molar-refractivity contribution in [2.45, 2.75) is 24.6 Å². The van der Waals surface area contributed by atoms with Gasteiger partial charge in [-0.3, -0.25) is 10.1 Å². The summed E-state index contributed by atoms with van der Waals surface area (Å²) < 4.78 is 43.2. The monoisotopic (exact) mass is 277 g/mol. The number of nitro groups is 1. The first kappa shape index (κ1) is 13.4. The predicted molar refractivity (Wildman–Crippen MR) is 59.1 cm³/mol. The van der Waals surface area contributed by atoms with E-state index in [2.05, 4.69) is 10.3 Å². The van der Waals surface area contributed by atoms with Crippen molar-refractivity contribution in [1.29, 1.82) is 0 Å². The van der Waals surface area contributed by atoms with E-state index in [0.717, 1.165) is 6.07 Å². The highest BCUT2D eigenvalue weighted by molar-refractivity contribution is 5.59. The molecule has 1 N–H and O–H groups in total. The van der Waals surface area contributed by atoms with Crippen LogP contribution in [0.25, 0.3) is 0 Å². The van der Waals surface area contributed by atoms with Crippen molar-refractivity contribution in [2.75, 3.05) is 12.4 Å². The number of rotatable bonds is 4. The molecule has 0 amide bonds. The molecule has 2 rings (SSSR count). The van der Waals surface area contributed by atoms with Crippen LogP contribution in [0.1, 0.15) is 12.8 Å². The van der Waals surface area contributed by atoms with Gasteiger partial charge in [0, 0.05) is 12.1 Å². The second-order valence-electron chi connectivity index (χ2n) is 4.18. The highest BCUT2D eigenvalue weighted by Crippen LogP contribution is 2.51. The van der Waals surface area contributed by atoms with Gasteiger partial charge in [0.2, 0.25) is 11.7 Å². The molecule has 0 bridgehead atoms. The van der Waals surface area contributed by atoms with Crippen LogP contribution in [-0.2, 0) is 0 Å². The van der Waals surface area contributed by atoms with Gasteiger partial charge in [-0.25, -0.2) is 0 Å². The van der Waals surface area contributed by atoms with Gasteiger partial charge < -0.3 is 10.1 Å². The molecule has 104 valence electrons. The van der Waals surface area contributed by atoms with Crippen LogP contribution in [0.4, 0.5) is 24.7 Å².